The Morgan fingerprint density at radius 1 is 1.09 bits per heavy atom. The van der Waals surface area contributed by atoms with Crippen LogP contribution in [-0.2, 0) is 4.74 Å². The Morgan fingerprint density at radius 2 is 1.77 bits per heavy atom. The van der Waals surface area contributed by atoms with Gasteiger partial charge in [0.1, 0.15) is 25.9 Å². The van der Waals surface area contributed by atoms with Crippen LogP contribution in [0.3, 0.4) is 0 Å². The van der Waals surface area contributed by atoms with Crippen molar-refractivity contribution >= 4 is 5.71 Å². The SMILES string of the molecule is COc1ccc(C(C2=C(C3CC3)[C@H]3C=C[C@@H]2O3)=[N+](C)C)cc1. The molecule has 2 atom stereocenters. The van der Waals surface area contributed by atoms with E-state index in [9.17, 15) is 0 Å². The number of fused-ring (bicyclic) bond motifs is 2. The van der Waals surface area contributed by atoms with Gasteiger partial charge in [-0.15, -0.1) is 0 Å². The molecule has 3 heteroatoms. The molecule has 0 amide bonds. The van der Waals surface area contributed by atoms with Gasteiger partial charge in [-0.25, -0.2) is 4.58 Å². The normalized spacial score (nSPS) is 25.8. The quantitative estimate of drug-likeness (QED) is 0.484. The maximum Gasteiger partial charge on any atom is 0.213 e. The predicted molar refractivity (Wildman–Crippen MR) is 86.8 cm³/mol. The van der Waals surface area contributed by atoms with Crippen LogP contribution in [0, 0.1) is 5.92 Å². The van der Waals surface area contributed by atoms with Crippen molar-refractivity contribution in [2.75, 3.05) is 21.2 Å². The first kappa shape index (κ1) is 13.8. The largest absolute Gasteiger partial charge is 0.497 e. The topological polar surface area (TPSA) is 21.5 Å². The van der Waals surface area contributed by atoms with Gasteiger partial charge in [-0.1, -0.05) is 12.2 Å². The van der Waals surface area contributed by atoms with E-state index in [-0.39, 0.29) is 12.2 Å². The lowest BCUT2D eigenvalue weighted by atomic mass is 9.87. The summed E-state index contributed by atoms with van der Waals surface area (Å²) in [5.74, 6) is 1.62. The molecule has 0 saturated heterocycles. The van der Waals surface area contributed by atoms with Crippen LogP contribution >= 0.6 is 0 Å². The van der Waals surface area contributed by atoms with Crippen LogP contribution < -0.4 is 4.74 Å². The Labute approximate surface area is 131 Å². The van der Waals surface area contributed by atoms with Gasteiger partial charge in [0.2, 0.25) is 5.71 Å². The van der Waals surface area contributed by atoms with Gasteiger partial charge in [-0.05, 0) is 48.6 Å². The average Bonchev–Trinajstić information content (AvgIpc) is 3.16. The minimum atomic E-state index is 0.125. The molecule has 114 valence electrons. The van der Waals surface area contributed by atoms with Gasteiger partial charge >= 0.3 is 0 Å². The molecule has 1 saturated carbocycles. The Hall–Kier alpha value is -1.87. The highest BCUT2D eigenvalue weighted by molar-refractivity contribution is 6.11. The molecule has 2 bridgehead atoms. The highest BCUT2D eigenvalue weighted by atomic mass is 16.5. The third-order valence-electron chi connectivity index (χ3n) is 4.74. The molecule has 2 aliphatic heterocycles. The van der Waals surface area contributed by atoms with Gasteiger partial charge in [0.05, 0.1) is 18.8 Å². The number of ether oxygens (including phenoxy) is 2. The molecule has 1 aliphatic carbocycles. The van der Waals surface area contributed by atoms with E-state index >= 15 is 0 Å². The van der Waals surface area contributed by atoms with Crippen molar-refractivity contribution in [2.24, 2.45) is 5.92 Å². The molecular weight excluding hydrogens is 274 g/mol. The minimum absolute atomic E-state index is 0.125. The summed E-state index contributed by atoms with van der Waals surface area (Å²) in [7, 11) is 5.94. The van der Waals surface area contributed by atoms with Gasteiger partial charge in [0, 0.05) is 5.56 Å². The number of benzene rings is 1. The predicted octanol–water partition coefficient (Wildman–Crippen LogP) is 2.80. The molecule has 1 fully saturated rings. The molecular formula is C19H22NO2+. The van der Waals surface area contributed by atoms with Gasteiger partial charge in [-0.3, -0.25) is 0 Å². The Morgan fingerprint density at radius 3 is 2.36 bits per heavy atom. The van der Waals surface area contributed by atoms with Crippen molar-refractivity contribution in [3.63, 3.8) is 0 Å². The number of hydrogen-bond acceptors (Lipinski definition) is 2. The standard InChI is InChI=1S/C19H22NO2/c1-20(2)19(13-6-8-14(21-3)9-7-13)18-16-11-10-15(22-16)17(18)12-4-5-12/h6-12,15-16H,4-5H2,1-3H3/q+1/t15-,16+/m1/s1. The van der Waals surface area contributed by atoms with Crippen LogP contribution in [0.2, 0.25) is 0 Å². The van der Waals surface area contributed by atoms with E-state index in [4.69, 9.17) is 9.47 Å². The first-order valence-corrected chi connectivity index (χ1v) is 7.96. The highest BCUT2D eigenvalue weighted by Gasteiger charge is 2.46. The van der Waals surface area contributed by atoms with Crippen LogP contribution in [0.15, 0.2) is 47.6 Å². The van der Waals surface area contributed by atoms with Crippen molar-refractivity contribution in [3.05, 3.63) is 53.1 Å². The zero-order valence-electron chi connectivity index (χ0n) is 13.4. The molecule has 4 rings (SSSR count). The molecule has 0 aromatic heterocycles. The Kier molecular flexibility index (Phi) is 3.19. The molecule has 22 heavy (non-hydrogen) atoms. The summed E-state index contributed by atoms with van der Waals surface area (Å²) in [6.45, 7) is 0. The first-order valence-electron chi connectivity index (χ1n) is 7.96. The number of methoxy groups -OCH3 is 1. The number of hydrogen-bond donors (Lipinski definition) is 0. The van der Waals surface area contributed by atoms with Crippen LogP contribution in [0.25, 0.3) is 0 Å². The zero-order chi connectivity index (χ0) is 15.3. The lowest BCUT2D eigenvalue weighted by molar-refractivity contribution is -0.463. The van der Waals surface area contributed by atoms with Crippen molar-refractivity contribution < 1.29 is 14.0 Å². The van der Waals surface area contributed by atoms with Crippen molar-refractivity contribution in [3.8, 4) is 5.75 Å². The maximum atomic E-state index is 6.14. The van der Waals surface area contributed by atoms with Crippen LogP contribution in [-0.4, -0.2) is 43.7 Å². The van der Waals surface area contributed by atoms with Gasteiger partial charge < -0.3 is 9.47 Å². The summed E-state index contributed by atoms with van der Waals surface area (Å²) < 4.78 is 13.6. The van der Waals surface area contributed by atoms with Gasteiger partial charge in [0.25, 0.3) is 0 Å². The van der Waals surface area contributed by atoms with Gasteiger partial charge in [0.15, 0.2) is 0 Å². The van der Waals surface area contributed by atoms with Crippen LogP contribution in [0.5, 0.6) is 5.75 Å². The second-order valence-electron chi connectivity index (χ2n) is 6.48. The fraction of sp³-hybridized carbons (Fsp3) is 0.421. The third kappa shape index (κ3) is 2.12. The van der Waals surface area contributed by atoms with Gasteiger partial charge in [-0.2, -0.15) is 0 Å². The van der Waals surface area contributed by atoms with E-state index in [0.29, 0.717) is 0 Å². The molecule has 1 aromatic carbocycles. The molecule has 0 radical (unpaired) electrons. The van der Waals surface area contributed by atoms with E-state index < -0.39 is 0 Å². The summed E-state index contributed by atoms with van der Waals surface area (Å²) in [5.41, 5.74) is 5.42. The van der Waals surface area contributed by atoms with E-state index in [0.717, 1.165) is 11.7 Å². The molecule has 3 aliphatic rings. The average molecular weight is 296 g/mol. The lowest BCUT2D eigenvalue weighted by Gasteiger charge is -2.14. The number of nitrogens with zero attached hydrogens (tertiary/aromatic N) is 1. The summed E-state index contributed by atoms with van der Waals surface area (Å²) in [6, 6.07) is 8.34. The van der Waals surface area contributed by atoms with Crippen molar-refractivity contribution in [2.45, 2.75) is 25.0 Å². The summed E-state index contributed by atoms with van der Waals surface area (Å²) in [4.78, 5) is 0. The Bertz CT molecular complexity index is 689. The van der Waals surface area contributed by atoms with Crippen molar-refractivity contribution in [1.82, 2.24) is 0 Å². The molecule has 2 heterocycles. The summed E-state index contributed by atoms with van der Waals surface area (Å²) in [6.07, 6.45) is 7.38. The lowest BCUT2D eigenvalue weighted by Crippen LogP contribution is -2.24. The second-order valence-corrected chi connectivity index (χ2v) is 6.48. The van der Waals surface area contributed by atoms with E-state index in [2.05, 4.69) is 43.0 Å². The molecule has 0 N–H and O–H groups in total. The van der Waals surface area contributed by atoms with E-state index in [1.54, 1.807) is 7.11 Å². The smallest absolute Gasteiger partial charge is 0.213 e. The summed E-state index contributed by atoms with van der Waals surface area (Å²) >= 11 is 0. The van der Waals surface area contributed by atoms with E-state index in [1.165, 1.54) is 35.3 Å². The fourth-order valence-electron chi connectivity index (χ4n) is 3.63. The Balaban J connectivity index is 1.81. The zero-order valence-corrected chi connectivity index (χ0v) is 13.4. The molecule has 1 aromatic rings. The summed E-state index contributed by atoms with van der Waals surface area (Å²) in [5, 5.41) is 0. The second kappa shape index (κ2) is 5.10. The van der Waals surface area contributed by atoms with Crippen LogP contribution in [0.1, 0.15) is 18.4 Å². The molecule has 0 unspecified atom stereocenters. The highest BCUT2D eigenvalue weighted by Crippen LogP contribution is 2.48. The number of rotatable bonds is 4. The van der Waals surface area contributed by atoms with Crippen LogP contribution in [0.4, 0.5) is 0 Å². The third-order valence-corrected chi connectivity index (χ3v) is 4.74. The van der Waals surface area contributed by atoms with E-state index in [1.807, 2.05) is 12.1 Å². The van der Waals surface area contributed by atoms with Crippen molar-refractivity contribution in [1.29, 1.82) is 0 Å². The fourth-order valence-corrected chi connectivity index (χ4v) is 3.63. The molecule has 3 nitrogen and oxygen atoms in total. The monoisotopic (exact) mass is 296 g/mol. The first-order chi connectivity index (χ1) is 10.7. The molecule has 0 spiro atoms. The minimum Gasteiger partial charge on any atom is -0.497 e. The maximum absolute atomic E-state index is 6.14.